The van der Waals surface area contributed by atoms with E-state index in [9.17, 15) is 0 Å². The normalized spacial score (nSPS) is 10.6. The van der Waals surface area contributed by atoms with Gasteiger partial charge in [-0.15, -0.1) is 10.2 Å². The van der Waals surface area contributed by atoms with Crippen molar-refractivity contribution >= 4 is 11.8 Å². The molecule has 0 aliphatic carbocycles. The van der Waals surface area contributed by atoms with E-state index in [1.807, 2.05) is 23.7 Å². The van der Waals surface area contributed by atoms with Gasteiger partial charge in [-0.25, -0.2) is 0 Å². The number of rotatable bonds is 4. The standard InChI is InChI=1S/C10H13N5S/c1-15-7-13-14-10(15)16-6-8-2-3-12-9(4-8)5-11/h2-4,7H,5-6,11H2,1H3. The maximum atomic E-state index is 5.54. The summed E-state index contributed by atoms with van der Waals surface area (Å²) in [5.41, 5.74) is 7.65. The van der Waals surface area contributed by atoms with Crippen LogP contribution in [-0.4, -0.2) is 19.7 Å². The van der Waals surface area contributed by atoms with Crippen LogP contribution in [0.4, 0.5) is 0 Å². The number of hydrogen-bond donors (Lipinski definition) is 1. The second kappa shape index (κ2) is 5.09. The van der Waals surface area contributed by atoms with Gasteiger partial charge < -0.3 is 10.3 Å². The van der Waals surface area contributed by atoms with Gasteiger partial charge in [0.1, 0.15) is 6.33 Å². The maximum absolute atomic E-state index is 5.54. The molecule has 0 radical (unpaired) electrons. The topological polar surface area (TPSA) is 69.6 Å². The minimum absolute atomic E-state index is 0.475. The summed E-state index contributed by atoms with van der Waals surface area (Å²) >= 11 is 1.65. The van der Waals surface area contributed by atoms with Crippen molar-refractivity contribution in [1.29, 1.82) is 0 Å². The second-order valence-corrected chi connectivity index (χ2v) is 4.32. The first-order valence-corrected chi connectivity index (χ1v) is 5.89. The summed E-state index contributed by atoms with van der Waals surface area (Å²) in [7, 11) is 1.93. The zero-order valence-electron chi connectivity index (χ0n) is 9.00. The van der Waals surface area contributed by atoms with E-state index in [-0.39, 0.29) is 0 Å². The van der Waals surface area contributed by atoms with Gasteiger partial charge in [0.05, 0.1) is 5.69 Å². The Hall–Kier alpha value is -1.40. The molecule has 0 spiro atoms. The van der Waals surface area contributed by atoms with Crippen LogP contribution < -0.4 is 5.73 Å². The molecule has 2 N–H and O–H groups in total. The zero-order valence-corrected chi connectivity index (χ0v) is 9.81. The van der Waals surface area contributed by atoms with Gasteiger partial charge in [0, 0.05) is 25.5 Å². The Labute approximate surface area is 98.1 Å². The number of pyridine rings is 1. The lowest BCUT2D eigenvalue weighted by molar-refractivity contribution is 0.788. The highest BCUT2D eigenvalue weighted by molar-refractivity contribution is 7.98. The Morgan fingerprint density at radius 3 is 3.06 bits per heavy atom. The van der Waals surface area contributed by atoms with Crippen molar-refractivity contribution < 1.29 is 0 Å². The van der Waals surface area contributed by atoms with Crippen LogP contribution in [0.5, 0.6) is 0 Å². The van der Waals surface area contributed by atoms with Crippen LogP contribution >= 0.6 is 11.8 Å². The Bertz CT molecular complexity index is 468. The fraction of sp³-hybridized carbons (Fsp3) is 0.300. The monoisotopic (exact) mass is 235 g/mol. The number of hydrogen-bond acceptors (Lipinski definition) is 5. The molecule has 2 aromatic heterocycles. The Morgan fingerprint density at radius 2 is 2.38 bits per heavy atom. The SMILES string of the molecule is Cn1cnnc1SCc1ccnc(CN)c1. The molecule has 5 nitrogen and oxygen atoms in total. The predicted molar refractivity (Wildman–Crippen MR) is 62.7 cm³/mol. The van der Waals surface area contributed by atoms with E-state index in [2.05, 4.69) is 15.2 Å². The van der Waals surface area contributed by atoms with E-state index in [4.69, 9.17) is 5.73 Å². The molecular formula is C10H13N5S. The minimum atomic E-state index is 0.475. The van der Waals surface area contributed by atoms with Gasteiger partial charge in [-0.3, -0.25) is 4.98 Å². The summed E-state index contributed by atoms with van der Waals surface area (Å²) < 4.78 is 1.90. The van der Waals surface area contributed by atoms with E-state index in [0.717, 1.165) is 16.6 Å². The molecule has 2 heterocycles. The predicted octanol–water partition coefficient (Wildman–Crippen LogP) is 0.961. The van der Waals surface area contributed by atoms with Crippen LogP contribution in [0, 0.1) is 0 Å². The summed E-state index contributed by atoms with van der Waals surface area (Å²) in [6.45, 7) is 0.475. The summed E-state index contributed by atoms with van der Waals surface area (Å²) in [5.74, 6) is 0.849. The molecule has 0 aliphatic heterocycles. The first kappa shape index (κ1) is 11.1. The molecule has 6 heteroatoms. The fourth-order valence-corrected chi connectivity index (χ4v) is 2.11. The van der Waals surface area contributed by atoms with E-state index in [1.165, 1.54) is 5.56 Å². The van der Waals surface area contributed by atoms with Crippen molar-refractivity contribution in [3.05, 3.63) is 35.9 Å². The van der Waals surface area contributed by atoms with E-state index in [0.29, 0.717) is 6.54 Å². The van der Waals surface area contributed by atoms with Crippen LogP contribution in [-0.2, 0) is 19.3 Å². The largest absolute Gasteiger partial charge is 0.325 e. The molecule has 0 saturated carbocycles. The lowest BCUT2D eigenvalue weighted by atomic mass is 10.2. The van der Waals surface area contributed by atoms with Gasteiger partial charge in [-0.1, -0.05) is 11.8 Å². The molecule has 0 fully saturated rings. The highest BCUT2D eigenvalue weighted by Crippen LogP contribution is 2.19. The quantitative estimate of drug-likeness (QED) is 0.799. The van der Waals surface area contributed by atoms with Crippen molar-refractivity contribution in [3.8, 4) is 0 Å². The van der Waals surface area contributed by atoms with Gasteiger partial charge in [0.15, 0.2) is 5.16 Å². The van der Waals surface area contributed by atoms with E-state index in [1.54, 1.807) is 24.3 Å². The van der Waals surface area contributed by atoms with E-state index < -0.39 is 0 Å². The summed E-state index contributed by atoms with van der Waals surface area (Å²) in [4.78, 5) is 4.15. The zero-order chi connectivity index (χ0) is 11.4. The maximum Gasteiger partial charge on any atom is 0.191 e. The van der Waals surface area contributed by atoms with Crippen LogP contribution in [0.25, 0.3) is 0 Å². The van der Waals surface area contributed by atoms with Crippen molar-refractivity contribution in [2.24, 2.45) is 12.8 Å². The van der Waals surface area contributed by atoms with Gasteiger partial charge in [0.2, 0.25) is 0 Å². The summed E-state index contributed by atoms with van der Waals surface area (Å²) in [6, 6.07) is 4.01. The van der Waals surface area contributed by atoms with Gasteiger partial charge >= 0.3 is 0 Å². The number of aromatic nitrogens is 4. The molecule has 0 saturated heterocycles. The van der Waals surface area contributed by atoms with Crippen LogP contribution in [0.1, 0.15) is 11.3 Å². The summed E-state index contributed by atoms with van der Waals surface area (Å²) in [6.07, 6.45) is 3.48. The van der Waals surface area contributed by atoms with Crippen LogP contribution in [0.3, 0.4) is 0 Å². The van der Waals surface area contributed by atoms with Crippen molar-refractivity contribution in [1.82, 2.24) is 19.7 Å². The van der Waals surface area contributed by atoms with Crippen molar-refractivity contribution in [3.63, 3.8) is 0 Å². The van der Waals surface area contributed by atoms with Crippen LogP contribution in [0.2, 0.25) is 0 Å². The van der Waals surface area contributed by atoms with Gasteiger partial charge in [0.25, 0.3) is 0 Å². The minimum Gasteiger partial charge on any atom is -0.325 e. The van der Waals surface area contributed by atoms with Crippen LogP contribution in [0.15, 0.2) is 29.8 Å². The number of nitrogens with two attached hydrogens (primary N) is 1. The first-order valence-electron chi connectivity index (χ1n) is 4.90. The third kappa shape index (κ3) is 2.59. The second-order valence-electron chi connectivity index (χ2n) is 3.37. The Morgan fingerprint density at radius 1 is 1.50 bits per heavy atom. The Kier molecular flexibility index (Phi) is 3.53. The van der Waals surface area contributed by atoms with Crippen molar-refractivity contribution in [2.45, 2.75) is 17.5 Å². The molecule has 0 aliphatic rings. The third-order valence-electron chi connectivity index (χ3n) is 2.13. The highest BCUT2D eigenvalue weighted by Gasteiger charge is 2.02. The van der Waals surface area contributed by atoms with Gasteiger partial charge in [-0.05, 0) is 17.7 Å². The molecule has 0 atom stereocenters. The number of nitrogens with zero attached hydrogens (tertiary/aromatic N) is 4. The van der Waals surface area contributed by atoms with E-state index >= 15 is 0 Å². The summed E-state index contributed by atoms with van der Waals surface area (Å²) in [5, 5.41) is 8.74. The Balaban J connectivity index is 2.02. The highest BCUT2D eigenvalue weighted by atomic mass is 32.2. The first-order chi connectivity index (χ1) is 7.79. The molecule has 0 bridgehead atoms. The number of aryl methyl sites for hydroxylation is 1. The smallest absolute Gasteiger partial charge is 0.191 e. The average molecular weight is 235 g/mol. The van der Waals surface area contributed by atoms with Gasteiger partial charge in [-0.2, -0.15) is 0 Å². The third-order valence-corrected chi connectivity index (χ3v) is 3.23. The average Bonchev–Trinajstić information content (AvgIpc) is 2.72. The molecule has 84 valence electrons. The molecule has 16 heavy (non-hydrogen) atoms. The molecule has 0 amide bonds. The molecule has 2 aromatic rings. The lowest BCUT2D eigenvalue weighted by Gasteiger charge is -2.02. The van der Waals surface area contributed by atoms with Crippen molar-refractivity contribution in [2.75, 3.05) is 0 Å². The molecule has 0 unspecified atom stereocenters. The lowest BCUT2D eigenvalue weighted by Crippen LogP contribution is -1.99. The number of thioether (sulfide) groups is 1. The molecule has 0 aromatic carbocycles. The fourth-order valence-electron chi connectivity index (χ4n) is 1.28. The molecule has 2 rings (SSSR count). The molecular weight excluding hydrogens is 222 g/mol.